The molecule has 2 amide bonds. The first-order chi connectivity index (χ1) is 19.0. The average molecular weight is 517 g/mol. The van der Waals surface area contributed by atoms with E-state index in [1.807, 2.05) is 97.1 Å². The molecule has 1 fully saturated rings. The second-order valence-corrected chi connectivity index (χ2v) is 10.2. The van der Waals surface area contributed by atoms with Crippen molar-refractivity contribution in [2.45, 2.75) is 31.8 Å². The number of hydrogen-bond acceptors (Lipinski definition) is 3. The van der Waals surface area contributed by atoms with Gasteiger partial charge in [-0.05, 0) is 71.0 Å². The number of amides is 2. The van der Waals surface area contributed by atoms with Crippen molar-refractivity contribution in [2.75, 3.05) is 5.32 Å². The summed E-state index contributed by atoms with van der Waals surface area (Å²) in [5.74, 6) is -1.59. The number of benzene rings is 4. The Bertz CT molecular complexity index is 1550. The fraction of sp³-hybridized carbons (Fsp3) is 0.182. The number of carbonyl (C=O) groups is 3. The number of fused-ring (bicyclic) bond motifs is 1. The summed E-state index contributed by atoms with van der Waals surface area (Å²) >= 11 is 0. The highest BCUT2D eigenvalue weighted by Gasteiger charge is 2.42. The second kappa shape index (κ2) is 10.2. The third-order valence-corrected chi connectivity index (χ3v) is 7.87. The van der Waals surface area contributed by atoms with Gasteiger partial charge in [-0.3, -0.25) is 14.4 Å². The van der Waals surface area contributed by atoms with Crippen LogP contribution in [0.3, 0.4) is 0 Å². The molecule has 194 valence electrons. The summed E-state index contributed by atoms with van der Waals surface area (Å²) in [4.78, 5) is 39.4. The van der Waals surface area contributed by atoms with Crippen LogP contribution in [0.25, 0.3) is 22.3 Å². The van der Waals surface area contributed by atoms with Gasteiger partial charge in [-0.2, -0.15) is 0 Å². The van der Waals surface area contributed by atoms with Gasteiger partial charge in [0.05, 0.1) is 5.92 Å². The van der Waals surface area contributed by atoms with Crippen LogP contribution in [0.5, 0.6) is 0 Å². The van der Waals surface area contributed by atoms with Crippen molar-refractivity contribution in [1.82, 2.24) is 4.90 Å². The first kappa shape index (κ1) is 24.6. The molecule has 1 saturated carbocycles. The van der Waals surface area contributed by atoms with Crippen molar-refractivity contribution in [3.8, 4) is 22.3 Å². The van der Waals surface area contributed by atoms with Gasteiger partial charge in [0.2, 0.25) is 0 Å². The van der Waals surface area contributed by atoms with Crippen molar-refractivity contribution in [3.05, 3.63) is 114 Å². The van der Waals surface area contributed by atoms with Crippen LogP contribution >= 0.6 is 0 Å². The minimum Gasteiger partial charge on any atom is -0.481 e. The van der Waals surface area contributed by atoms with E-state index in [0.29, 0.717) is 29.8 Å². The lowest BCUT2D eigenvalue weighted by molar-refractivity contribution is -0.143. The van der Waals surface area contributed by atoms with Crippen LogP contribution < -0.4 is 5.32 Å². The Morgan fingerprint density at radius 1 is 0.769 bits per heavy atom. The Balaban J connectivity index is 1.14. The molecule has 6 rings (SSSR count). The Kier molecular flexibility index (Phi) is 6.45. The van der Waals surface area contributed by atoms with Crippen molar-refractivity contribution in [2.24, 2.45) is 5.92 Å². The molecule has 2 aliphatic rings. The highest BCUT2D eigenvalue weighted by Crippen LogP contribution is 2.37. The first-order valence-electron chi connectivity index (χ1n) is 13.2. The molecule has 4 aromatic carbocycles. The van der Waals surface area contributed by atoms with E-state index in [1.54, 1.807) is 4.90 Å². The molecular formula is C33H28N2O4. The standard InChI is InChI=1S/C33H28N2O4/c36-31(24-11-9-22(10-12-24)21-5-2-1-3-6-21)34-27-17-15-23(16-18-27)25-13-14-26-20-35(32(37)29(26)19-25)30-8-4-7-28(30)33(38)39/h1-3,5-6,9-19,28,30H,4,7-8,20H2,(H,34,36)(H,38,39)/t28-,30+/m0/s1. The summed E-state index contributed by atoms with van der Waals surface area (Å²) in [6.07, 6.45) is 2.18. The smallest absolute Gasteiger partial charge is 0.308 e. The monoisotopic (exact) mass is 516 g/mol. The number of carboxylic acid groups (broad SMARTS) is 1. The predicted molar refractivity (Wildman–Crippen MR) is 150 cm³/mol. The molecule has 6 nitrogen and oxygen atoms in total. The molecule has 1 aliphatic heterocycles. The van der Waals surface area contributed by atoms with E-state index >= 15 is 0 Å². The maximum absolute atomic E-state index is 13.2. The number of carbonyl (C=O) groups excluding carboxylic acids is 2. The van der Waals surface area contributed by atoms with Crippen molar-refractivity contribution in [3.63, 3.8) is 0 Å². The number of nitrogens with zero attached hydrogens (tertiary/aromatic N) is 1. The molecule has 2 N–H and O–H groups in total. The maximum atomic E-state index is 13.2. The van der Waals surface area contributed by atoms with Crippen LogP contribution in [0.15, 0.2) is 97.1 Å². The predicted octanol–water partition coefficient (Wildman–Crippen LogP) is 6.48. The van der Waals surface area contributed by atoms with Crippen molar-refractivity contribution >= 4 is 23.5 Å². The van der Waals surface area contributed by atoms with Gasteiger partial charge in [0.25, 0.3) is 11.8 Å². The molecule has 4 aromatic rings. The first-order valence-corrected chi connectivity index (χ1v) is 13.2. The largest absolute Gasteiger partial charge is 0.481 e. The third kappa shape index (κ3) is 4.81. The summed E-state index contributed by atoms with van der Waals surface area (Å²) in [7, 11) is 0. The number of hydrogen-bond donors (Lipinski definition) is 2. The molecule has 39 heavy (non-hydrogen) atoms. The van der Waals surface area contributed by atoms with Crippen molar-refractivity contribution in [1.29, 1.82) is 0 Å². The van der Waals surface area contributed by atoms with Gasteiger partial charge in [0.1, 0.15) is 0 Å². The van der Waals surface area contributed by atoms with Gasteiger partial charge in [-0.25, -0.2) is 0 Å². The topological polar surface area (TPSA) is 86.7 Å². The van der Waals surface area contributed by atoms with Crippen LogP contribution in [0.2, 0.25) is 0 Å². The van der Waals surface area contributed by atoms with E-state index in [-0.39, 0.29) is 17.9 Å². The van der Waals surface area contributed by atoms with Gasteiger partial charge in [0, 0.05) is 29.4 Å². The molecule has 0 radical (unpaired) electrons. The average Bonchev–Trinajstić information content (AvgIpc) is 3.59. The van der Waals surface area contributed by atoms with Crippen molar-refractivity contribution < 1.29 is 19.5 Å². The highest BCUT2D eigenvalue weighted by molar-refractivity contribution is 6.04. The molecule has 6 heteroatoms. The summed E-state index contributed by atoms with van der Waals surface area (Å²) < 4.78 is 0. The molecule has 0 unspecified atom stereocenters. The summed E-state index contributed by atoms with van der Waals surface area (Å²) in [6.45, 7) is 0.459. The van der Waals surface area contributed by atoms with E-state index in [9.17, 15) is 19.5 Å². The van der Waals surface area contributed by atoms with Gasteiger partial charge in [0.15, 0.2) is 0 Å². The summed E-state index contributed by atoms with van der Waals surface area (Å²) in [6, 6.07) is 30.7. The van der Waals surface area contributed by atoms with Gasteiger partial charge in [-0.1, -0.05) is 73.2 Å². The second-order valence-electron chi connectivity index (χ2n) is 10.2. The minimum atomic E-state index is -0.821. The number of rotatable bonds is 6. The van der Waals surface area contributed by atoms with Crippen LogP contribution in [-0.2, 0) is 11.3 Å². The number of carboxylic acids is 1. The Hall–Kier alpha value is -4.71. The van der Waals surface area contributed by atoms with E-state index in [2.05, 4.69) is 5.32 Å². The molecule has 1 aliphatic carbocycles. The Morgan fingerprint density at radius 2 is 1.41 bits per heavy atom. The summed E-state index contributed by atoms with van der Waals surface area (Å²) in [5, 5.41) is 12.5. The lowest BCUT2D eigenvalue weighted by atomic mass is 10.00. The Labute approximate surface area is 226 Å². The zero-order valence-electron chi connectivity index (χ0n) is 21.3. The number of anilines is 1. The van der Waals surface area contributed by atoms with Gasteiger partial charge < -0.3 is 15.3 Å². The zero-order chi connectivity index (χ0) is 26.9. The molecule has 0 aromatic heterocycles. The van der Waals surface area contributed by atoms with Crippen LogP contribution in [0.1, 0.15) is 45.5 Å². The van der Waals surface area contributed by atoms with Crippen LogP contribution in [0.4, 0.5) is 5.69 Å². The summed E-state index contributed by atoms with van der Waals surface area (Å²) in [5.41, 5.74) is 6.81. The molecule has 2 atom stereocenters. The SMILES string of the molecule is O=C(Nc1ccc(-c2ccc3c(c2)C(=O)N([C@@H]2CCC[C@@H]2C(=O)O)C3)cc1)c1ccc(-c2ccccc2)cc1. The molecule has 0 spiro atoms. The fourth-order valence-corrected chi connectivity index (χ4v) is 5.77. The lowest BCUT2D eigenvalue weighted by Crippen LogP contribution is -2.40. The minimum absolute atomic E-state index is 0.0906. The molecular weight excluding hydrogens is 488 g/mol. The lowest BCUT2D eigenvalue weighted by Gasteiger charge is -2.27. The number of aliphatic carboxylic acids is 1. The quantitative estimate of drug-likeness (QED) is 0.307. The van der Waals surface area contributed by atoms with Crippen LogP contribution in [-0.4, -0.2) is 33.8 Å². The third-order valence-electron chi connectivity index (χ3n) is 7.87. The van der Waals surface area contributed by atoms with Crippen LogP contribution in [0, 0.1) is 5.92 Å². The molecule has 0 saturated heterocycles. The maximum Gasteiger partial charge on any atom is 0.308 e. The van der Waals surface area contributed by atoms with Gasteiger partial charge in [-0.15, -0.1) is 0 Å². The fourth-order valence-electron chi connectivity index (χ4n) is 5.77. The van der Waals surface area contributed by atoms with Gasteiger partial charge >= 0.3 is 5.97 Å². The molecule has 1 heterocycles. The van der Waals surface area contributed by atoms with E-state index < -0.39 is 11.9 Å². The zero-order valence-corrected chi connectivity index (χ0v) is 21.3. The Morgan fingerprint density at radius 3 is 2.13 bits per heavy atom. The van der Waals surface area contributed by atoms with E-state index in [4.69, 9.17) is 0 Å². The normalized spacial score (nSPS) is 18.2. The highest BCUT2D eigenvalue weighted by atomic mass is 16.4. The van der Waals surface area contributed by atoms with E-state index in [1.165, 1.54) is 0 Å². The molecule has 0 bridgehead atoms. The number of nitrogens with one attached hydrogen (secondary N) is 1. The van der Waals surface area contributed by atoms with E-state index in [0.717, 1.165) is 40.7 Å².